The predicted octanol–water partition coefficient (Wildman–Crippen LogP) is -0.648. The van der Waals surface area contributed by atoms with Gasteiger partial charge in [-0.05, 0) is 0 Å². The van der Waals surface area contributed by atoms with Gasteiger partial charge < -0.3 is 24.9 Å². The molecule has 0 bridgehead atoms. The van der Waals surface area contributed by atoms with Crippen LogP contribution in [0.5, 0.6) is 0 Å². The first-order valence-corrected chi connectivity index (χ1v) is 5.82. The molecule has 0 aliphatic carbocycles. The van der Waals surface area contributed by atoms with Crippen molar-refractivity contribution in [3.8, 4) is 0 Å². The molecule has 0 amide bonds. The molecule has 1 aromatic rings. The topological polar surface area (TPSA) is 106 Å². The molecule has 0 fully saturated rings. The molecular formula is C11H21N5O3. The molecular weight excluding hydrogens is 250 g/mol. The van der Waals surface area contributed by atoms with E-state index < -0.39 is 6.10 Å². The van der Waals surface area contributed by atoms with Crippen molar-refractivity contribution in [2.75, 3.05) is 44.7 Å². The number of aliphatic hydroxyl groups excluding tert-OH is 1. The lowest BCUT2D eigenvalue weighted by molar-refractivity contribution is 0.0694. The maximum atomic E-state index is 9.70. The van der Waals surface area contributed by atoms with Crippen LogP contribution < -0.4 is 16.2 Å². The zero-order chi connectivity index (χ0) is 14.3. The van der Waals surface area contributed by atoms with Crippen LogP contribution in [0.4, 0.5) is 11.6 Å². The second-order valence-corrected chi connectivity index (χ2v) is 4.09. The average Bonchev–Trinajstić information content (AvgIpc) is 2.38. The molecule has 8 nitrogen and oxygen atoms in total. The molecule has 1 rings (SSSR count). The van der Waals surface area contributed by atoms with E-state index >= 15 is 0 Å². The van der Waals surface area contributed by atoms with E-state index in [-0.39, 0.29) is 13.2 Å². The number of nitrogens with two attached hydrogens (primary N) is 1. The molecule has 0 saturated carbocycles. The highest BCUT2D eigenvalue weighted by molar-refractivity contribution is 5.48. The number of nitrogen functional groups attached to an aromatic ring is 1. The standard InChI is InChI=1S/C11H21N5O3/c1-16(5-8(17)6-18-2)11-4-9(15-12)13-10(14-11)7-19-3/h4,8,17H,5-7,12H2,1-3H3,(H,13,14,15). The van der Waals surface area contributed by atoms with Crippen molar-refractivity contribution in [2.45, 2.75) is 12.7 Å². The quantitative estimate of drug-likeness (QED) is 0.423. The van der Waals surface area contributed by atoms with Crippen LogP contribution in [0, 0.1) is 0 Å². The Kier molecular flexibility index (Phi) is 6.43. The lowest BCUT2D eigenvalue weighted by atomic mass is 10.3. The van der Waals surface area contributed by atoms with Gasteiger partial charge >= 0.3 is 0 Å². The first-order chi connectivity index (χ1) is 9.10. The van der Waals surface area contributed by atoms with E-state index in [0.29, 0.717) is 24.0 Å². The van der Waals surface area contributed by atoms with E-state index in [4.69, 9.17) is 15.3 Å². The summed E-state index contributed by atoms with van der Waals surface area (Å²) in [5.41, 5.74) is 2.48. The number of rotatable bonds is 8. The fourth-order valence-corrected chi connectivity index (χ4v) is 1.60. The number of nitrogens with one attached hydrogen (secondary N) is 1. The number of hydrogen-bond donors (Lipinski definition) is 3. The first kappa shape index (κ1) is 15.6. The van der Waals surface area contributed by atoms with Crippen LogP contribution in [0.2, 0.25) is 0 Å². The van der Waals surface area contributed by atoms with Gasteiger partial charge in [-0.25, -0.2) is 15.8 Å². The summed E-state index contributed by atoms with van der Waals surface area (Å²) in [7, 11) is 4.93. The molecule has 19 heavy (non-hydrogen) atoms. The van der Waals surface area contributed by atoms with Gasteiger partial charge in [-0.3, -0.25) is 0 Å². The highest BCUT2D eigenvalue weighted by atomic mass is 16.5. The van der Waals surface area contributed by atoms with Gasteiger partial charge in [0.2, 0.25) is 0 Å². The van der Waals surface area contributed by atoms with Gasteiger partial charge in [0, 0.05) is 33.9 Å². The summed E-state index contributed by atoms with van der Waals surface area (Å²) in [5, 5.41) is 9.70. The van der Waals surface area contributed by atoms with E-state index in [1.54, 1.807) is 25.2 Å². The van der Waals surface area contributed by atoms with Crippen molar-refractivity contribution in [3.63, 3.8) is 0 Å². The van der Waals surface area contributed by atoms with Crippen LogP contribution in [0.25, 0.3) is 0 Å². The lowest BCUT2D eigenvalue weighted by Gasteiger charge is -2.22. The van der Waals surface area contributed by atoms with Gasteiger partial charge in [0.15, 0.2) is 5.82 Å². The first-order valence-electron chi connectivity index (χ1n) is 5.82. The molecule has 4 N–H and O–H groups in total. The summed E-state index contributed by atoms with van der Waals surface area (Å²) < 4.78 is 9.89. The van der Waals surface area contributed by atoms with Crippen LogP contribution in [-0.4, -0.2) is 55.6 Å². The monoisotopic (exact) mass is 271 g/mol. The fourth-order valence-electron chi connectivity index (χ4n) is 1.60. The highest BCUT2D eigenvalue weighted by Gasteiger charge is 2.12. The SMILES string of the molecule is COCc1nc(NN)cc(N(C)CC(O)COC)n1. The molecule has 1 heterocycles. The van der Waals surface area contributed by atoms with Gasteiger partial charge in [-0.15, -0.1) is 0 Å². The second-order valence-electron chi connectivity index (χ2n) is 4.09. The highest BCUT2D eigenvalue weighted by Crippen LogP contribution is 2.15. The summed E-state index contributed by atoms with van der Waals surface area (Å²) in [4.78, 5) is 10.3. The zero-order valence-corrected chi connectivity index (χ0v) is 11.5. The number of aliphatic hydroxyl groups is 1. The largest absolute Gasteiger partial charge is 0.389 e. The molecule has 1 aromatic heterocycles. The number of anilines is 2. The van der Waals surface area contributed by atoms with Crippen LogP contribution in [0.3, 0.4) is 0 Å². The van der Waals surface area contributed by atoms with E-state index in [0.717, 1.165) is 0 Å². The molecule has 0 aromatic carbocycles. The third-order valence-electron chi connectivity index (χ3n) is 2.42. The van der Waals surface area contributed by atoms with E-state index in [9.17, 15) is 5.11 Å². The summed E-state index contributed by atoms with van der Waals surface area (Å²) in [6.45, 7) is 0.945. The molecule has 0 aliphatic heterocycles. The van der Waals surface area contributed by atoms with Crippen molar-refractivity contribution >= 4 is 11.6 Å². The molecule has 0 radical (unpaired) electrons. The molecule has 0 saturated heterocycles. The van der Waals surface area contributed by atoms with Crippen molar-refractivity contribution < 1.29 is 14.6 Å². The number of nitrogens with zero attached hydrogens (tertiary/aromatic N) is 3. The second kappa shape index (κ2) is 7.85. The van der Waals surface area contributed by atoms with E-state index in [2.05, 4.69) is 15.4 Å². The van der Waals surface area contributed by atoms with Crippen molar-refractivity contribution in [2.24, 2.45) is 5.84 Å². The lowest BCUT2D eigenvalue weighted by Crippen LogP contribution is -2.32. The van der Waals surface area contributed by atoms with Gasteiger partial charge in [-0.1, -0.05) is 0 Å². The minimum atomic E-state index is -0.592. The molecule has 108 valence electrons. The van der Waals surface area contributed by atoms with Gasteiger partial charge in [0.25, 0.3) is 0 Å². The third kappa shape index (κ3) is 4.95. The van der Waals surface area contributed by atoms with Crippen molar-refractivity contribution in [3.05, 3.63) is 11.9 Å². The third-order valence-corrected chi connectivity index (χ3v) is 2.42. The van der Waals surface area contributed by atoms with E-state index in [1.807, 2.05) is 7.05 Å². The Morgan fingerprint density at radius 3 is 2.74 bits per heavy atom. The number of hydrazine groups is 1. The Morgan fingerprint density at radius 1 is 1.42 bits per heavy atom. The maximum Gasteiger partial charge on any atom is 0.158 e. The molecule has 0 aliphatic rings. The average molecular weight is 271 g/mol. The molecule has 1 atom stereocenters. The van der Waals surface area contributed by atoms with Crippen LogP contribution in [-0.2, 0) is 16.1 Å². The summed E-state index contributed by atoms with van der Waals surface area (Å²) in [5.74, 6) is 7.01. The van der Waals surface area contributed by atoms with Crippen molar-refractivity contribution in [1.29, 1.82) is 0 Å². The number of likely N-dealkylation sites (N-methyl/N-ethyl adjacent to an activating group) is 1. The number of methoxy groups -OCH3 is 2. The maximum absolute atomic E-state index is 9.70. The smallest absolute Gasteiger partial charge is 0.158 e. The minimum absolute atomic E-state index is 0.266. The Hall–Kier alpha value is -1.48. The summed E-state index contributed by atoms with van der Waals surface area (Å²) in [6, 6.07) is 1.69. The minimum Gasteiger partial charge on any atom is -0.389 e. The van der Waals surface area contributed by atoms with Crippen LogP contribution >= 0.6 is 0 Å². The molecule has 0 spiro atoms. The number of hydrogen-bond acceptors (Lipinski definition) is 8. The van der Waals surface area contributed by atoms with Gasteiger partial charge in [0.05, 0.1) is 12.7 Å². The normalized spacial score (nSPS) is 12.3. The Balaban J connectivity index is 2.82. The fraction of sp³-hybridized carbons (Fsp3) is 0.636. The van der Waals surface area contributed by atoms with Crippen LogP contribution in [0.15, 0.2) is 6.07 Å². The van der Waals surface area contributed by atoms with Crippen molar-refractivity contribution in [1.82, 2.24) is 9.97 Å². The number of ether oxygens (including phenoxy) is 2. The van der Waals surface area contributed by atoms with Gasteiger partial charge in [-0.2, -0.15) is 0 Å². The molecule has 1 unspecified atom stereocenters. The Bertz CT molecular complexity index is 391. The Labute approximate surface area is 112 Å². The summed E-state index contributed by atoms with van der Waals surface area (Å²) >= 11 is 0. The molecule has 8 heteroatoms. The Morgan fingerprint density at radius 2 is 2.16 bits per heavy atom. The van der Waals surface area contributed by atoms with E-state index in [1.165, 1.54) is 0 Å². The predicted molar refractivity (Wildman–Crippen MR) is 71.7 cm³/mol. The van der Waals surface area contributed by atoms with Crippen LogP contribution in [0.1, 0.15) is 5.82 Å². The summed E-state index contributed by atoms with van der Waals surface area (Å²) in [6.07, 6.45) is -0.592. The number of aromatic nitrogens is 2. The van der Waals surface area contributed by atoms with Gasteiger partial charge in [0.1, 0.15) is 18.2 Å². The zero-order valence-electron chi connectivity index (χ0n) is 11.5.